The molecule has 0 unspecified atom stereocenters. The normalized spacial score (nSPS) is 11.0. The van der Waals surface area contributed by atoms with Crippen molar-refractivity contribution in [3.63, 3.8) is 0 Å². The number of hydrogen-bond donors (Lipinski definition) is 1. The van der Waals surface area contributed by atoms with Gasteiger partial charge in [-0.1, -0.05) is 59.8 Å². The molecular weight excluding hydrogens is 328 g/mol. The Bertz CT molecular complexity index is 1070. The second-order valence-electron chi connectivity index (χ2n) is 5.96. The van der Waals surface area contributed by atoms with Crippen LogP contribution in [0.15, 0.2) is 53.1 Å². The van der Waals surface area contributed by atoms with Crippen LogP contribution in [0.1, 0.15) is 18.1 Å². The lowest BCUT2D eigenvalue weighted by atomic mass is 10.1. The molecule has 130 valence electrons. The number of rotatable bonds is 4. The fourth-order valence-corrected chi connectivity index (χ4v) is 2.89. The van der Waals surface area contributed by atoms with E-state index >= 15 is 0 Å². The summed E-state index contributed by atoms with van der Waals surface area (Å²) in [5.74, 6) is 1.12. The highest BCUT2D eigenvalue weighted by Crippen LogP contribution is 2.28. The summed E-state index contributed by atoms with van der Waals surface area (Å²) < 4.78 is 6.99. The van der Waals surface area contributed by atoms with Crippen LogP contribution in [-0.2, 0) is 6.42 Å². The first-order valence-electron chi connectivity index (χ1n) is 8.38. The van der Waals surface area contributed by atoms with Crippen LogP contribution in [0.4, 0.5) is 5.82 Å². The number of nitrogens with two attached hydrogens (primary N) is 1. The fraction of sp³-hybridized carbons (Fsp3) is 0.158. The Morgan fingerprint density at radius 2 is 1.85 bits per heavy atom. The van der Waals surface area contributed by atoms with Crippen molar-refractivity contribution < 1.29 is 4.52 Å². The monoisotopic (exact) mass is 346 g/mol. The summed E-state index contributed by atoms with van der Waals surface area (Å²) in [6.07, 6.45) is 0.864. The van der Waals surface area contributed by atoms with Gasteiger partial charge in [0.25, 0.3) is 5.89 Å². The molecule has 0 radical (unpaired) electrons. The Labute approximate surface area is 150 Å². The number of anilines is 1. The van der Waals surface area contributed by atoms with Gasteiger partial charge >= 0.3 is 0 Å². The lowest BCUT2D eigenvalue weighted by molar-refractivity contribution is 0.431. The Morgan fingerprint density at radius 1 is 1.08 bits per heavy atom. The summed E-state index contributed by atoms with van der Waals surface area (Å²) in [7, 11) is 0. The summed E-state index contributed by atoms with van der Waals surface area (Å²) >= 11 is 0. The molecular formula is C19H18N6O. The minimum absolute atomic E-state index is 0.251. The van der Waals surface area contributed by atoms with Crippen molar-refractivity contribution in [1.29, 1.82) is 0 Å². The topological polar surface area (TPSA) is 95.6 Å². The highest BCUT2D eigenvalue weighted by molar-refractivity contribution is 5.67. The van der Waals surface area contributed by atoms with Crippen molar-refractivity contribution >= 4 is 5.82 Å². The summed E-state index contributed by atoms with van der Waals surface area (Å²) in [4.78, 5) is 4.45. The summed E-state index contributed by atoms with van der Waals surface area (Å²) in [6, 6.07) is 15.8. The van der Waals surface area contributed by atoms with Crippen LogP contribution in [0, 0.1) is 6.92 Å². The van der Waals surface area contributed by atoms with Crippen molar-refractivity contribution in [2.45, 2.75) is 20.3 Å². The molecule has 0 atom stereocenters. The summed E-state index contributed by atoms with van der Waals surface area (Å²) in [6.45, 7) is 4.08. The number of aromatic nitrogens is 5. The lowest BCUT2D eigenvalue weighted by Crippen LogP contribution is -2.05. The first kappa shape index (κ1) is 16.0. The van der Waals surface area contributed by atoms with Crippen molar-refractivity contribution in [2.75, 3.05) is 5.73 Å². The largest absolute Gasteiger partial charge is 0.382 e. The molecule has 4 aromatic rings. The van der Waals surface area contributed by atoms with Crippen LogP contribution < -0.4 is 5.73 Å². The minimum Gasteiger partial charge on any atom is -0.382 e. The van der Waals surface area contributed by atoms with E-state index in [4.69, 9.17) is 10.3 Å². The average Bonchev–Trinajstić information content (AvgIpc) is 3.29. The van der Waals surface area contributed by atoms with Gasteiger partial charge in [-0.15, -0.1) is 5.10 Å². The highest BCUT2D eigenvalue weighted by Gasteiger charge is 2.21. The van der Waals surface area contributed by atoms with Crippen LogP contribution in [0.25, 0.3) is 28.7 Å². The predicted molar refractivity (Wildman–Crippen MR) is 98.6 cm³/mol. The maximum Gasteiger partial charge on any atom is 0.282 e. The third-order valence-electron chi connectivity index (χ3n) is 4.32. The molecule has 0 saturated carbocycles. The molecule has 0 aliphatic carbocycles. The van der Waals surface area contributed by atoms with Gasteiger partial charge in [0.2, 0.25) is 5.82 Å². The van der Waals surface area contributed by atoms with E-state index in [1.165, 1.54) is 0 Å². The number of para-hydroxylation sites is 1. The number of aryl methyl sites for hydroxylation is 2. The van der Waals surface area contributed by atoms with E-state index in [9.17, 15) is 0 Å². The Balaban J connectivity index is 1.75. The third kappa shape index (κ3) is 2.63. The Morgan fingerprint density at radius 3 is 2.65 bits per heavy atom. The zero-order valence-electron chi connectivity index (χ0n) is 14.5. The third-order valence-corrected chi connectivity index (χ3v) is 4.32. The first-order valence-corrected chi connectivity index (χ1v) is 8.38. The standard InChI is InChI=1S/C19H18N6O/c1-3-13-9-5-7-11-15(13)25-17(20)16(22-24-25)19-21-18(23-26-19)14-10-6-4-8-12(14)2/h4-11H,3,20H2,1-2H3. The van der Waals surface area contributed by atoms with E-state index in [0.29, 0.717) is 17.3 Å². The zero-order chi connectivity index (χ0) is 18.1. The van der Waals surface area contributed by atoms with Gasteiger partial charge in [0.1, 0.15) is 0 Å². The first-order chi connectivity index (χ1) is 12.7. The number of benzene rings is 2. The van der Waals surface area contributed by atoms with Gasteiger partial charge in [-0.25, -0.2) is 0 Å². The minimum atomic E-state index is 0.251. The van der Waals surface area contributed by atoms with Crippen molar-refractivity contribution in [2.24, 2.45) is 0 Å². The summed E-state index contributed by atoms with van der Waals surface area (Å²) in [5, 5.41) is 12.4. The maximum atomic E-state index is 6.28. The van der Waals surface area contributed by atoms with Crippen LogP contribution in [-0.4, -0.2) is 25.1 Å². The molecule has 7 nitrogen and oxygen atoms in total. The zero-order valence-corrected chi connectivity index (χ0v) is 14.5. The van der Waals surface area contributed by atoms with Crippen molar-refractivity contribution in [3.05, 3.63) is 59.7 Å². The number of nitrogens with zero attached hydrogens (tertiary/aromatic N) is 5. The second-order valence-corrected chi connectivity index (χ2v) is 5.96. The van der Waals surface area contributed by atoms with E-state index in [2.05, 4.69) is 27.4 Å². The molecule has 0 saturated heterocycles. The molecule has 2 aromatic heterocycles. The second kappa shape index (κ2) is 6.44. The SMILES string of the molecule is CCc1ccccc1-n1nnc(-c2nc(-c3ccccc3C)no2)c1N. The van der Waals surface area contributed by atoms with Crippen LogP contribution >= 0.6 is 0 Å². The van der Waals surface area contributed by atoms with Crippen LogP contribution in [0.2, 0.25) is 0 Å². The van der Waals surface area contributed by atoms with Crippen molar-refractivity contribution in [1.82, 2.24) is 25.1 Å². The van der Waals surface area contributed by atoms with E-state index in [1.807, 2.05) is 55.5 Å². The lowest BCUT2D eigenvalue weighted by Gasteiger charge is -2.07. The van der Waals surface area contributed by atoms with E-state index in [-0.39, 0.29) is 5.89 Å². The molecule has 0 fully saturated rings. The van der Waals surface area contributed by atoms with Crippen LogP contribution in [0.3, 0.4) is 0 Å². The quantitative estimate of drug-likeness (QED) is 0.608. The van der Waals surface area contributed by atoms with Gasteiger partial charge in [-0.3, -0.25) is 0 Å². The van der Waals surface area contributed by atoms with E-state index in [1.54, 1.807) is 4.68 Å². The molecule has 4 rings (SSSR count). The molecule has 0 spiro atoms. The molecule has 2 heterocycles. The van der Waals surface area contributed by atoms with Crippen molar-refractivity contribution in [3.8, 4) is 28.7 Å². The fourth-order valence-electron chi connectivity index (χ4n) is 2.89. The van der Waals surface area contributed by atoms with E-state index < -0.39 is 0 Å². The summed E-state index contributed by atoms with van der Waals surface area (Å²) in [5.41, 5.74) is 10.6. The van der Waals surface area contributed by atoms with Crippen LogP contribution in [0.5, 0.6) is 0 Å². The number of hydrogen-bond acceptors (Lipinski definition) is 6. The Hall–Kier alpha value is -3.48. The van der Waals surface area contributed by atoms with Gasteiger partial charge < -0.3 is 10.3 Å². The smallest absolute Gasteiger partial charge is 0.282 e. The molecule has 0 aliphatic heterocycles. The van der Waals surface area contributed by atoms with Gasteiger partial charge in [-0.05, 0) is 30.5 Å². The van der Waals surface area contributed by atoms with Gasteiger partial charge in [0, 0.05) is 5.56 Å². The van der Waals surface area contributed by atoms with Gasteiger partial charge in [0.15, 0.2) is 11.5 Å². The molecule has 0 amide bonds. The Kier molecular flexibility index (Phi) is 3.96. The van der Waals surface area contributed by atoms with Gasteiger partial charge in [-0.2, -0.15) is 9.67 Å². The molecule has 7 heteroatoms. The predicted octanol–water partition coefficient (Wildman–Crippen LogP) is 3.44. The molecule has 26 heavy (non-hydrogen) atoms. The highest BCUT2D eigenvalue weighted by atomic mass is 16.5. The molecule has 2 aromatic carbocycles. The molecule has 2 N–H and O–H groups in total. The molecule has 0 aliphatic rings. The van der Waals surface area contributed by atoms with E-state index in [0.717, 1.165) is 28.8 Å². The van der Waals surface area contributed by atoms with Gasteiger partial charge in [0.05, 0.1) is 5.69 Å². The maximum absolute atomic E-state index is 6.28. The molecule has 0 bridgehead atoms. The average molecular weight is 346 g/mol. The number of nitrogen functional groups attached to an aromatic ring is 1.